The van der Waals surface area contributed by atoms with E-state index in [9.17, 15) is 9.59 Å². The van der Waals surface area contributed by atoms with Crippen LogP contribution >= 0.6 is 39.7 Å². The Labute approximate surface area is 195 Å². The van der Waals surface area contributed by atoms with Gasteiger partial charge in [-0.15, -0.1) is 0 Å². The summed E-state index contributed by atoms with van der Waals surface area (Å²) in [6.45, 7) is 1.13. The van der Waals surface area contributed by atoms with E-state index >= 15 is 0 Å². The van der Waals surface area contributed by atoms with Gasteiger partial charge in [-0.05, 0) is 61.3 Å². The molecule has 0 bridgehead atoms. The minimum absolute atomic E-state index is 0.0359. The number of rotatable bonds is 9. The number of nitrogens with zero attached hydrogens (tertiary/aromatic N) is 2. The lowest BCUT2D eigenvalue weighted by Gasteiger charge is -2.30. The summed E-state index contributed by atoms with van der Waals surface area (Å²) in [6, 6.07) is 7.63. The molecule has 0 saturated heterocycles. The van der Waals surface area contributed by atoms with Gasteiger partial charge in [0.15, 0.2) is 0 Å². The number of hydrogen-bond acceptors (Lipinski definition) is 3. The SMILES string of the molecule is O=C(CCCCCN1C(=O)C2C=C(Br)C=CC2=NC1=S)NCCc1ccc(Cl)cc1. The molecule has 1 N–H and O–H groups in total. The standard InChI is InChI=1S/C22H23BrClN3O2S/c23-16-7-10-19-18(14-16)21(29)27(22(30)26-19)13-3-1-2-4-20(28)25-12-11-15-5-8-17(24)9-6-15/h5-10,14,18H,1-4,11-13H2,(H,25,28). The molecule has 158 valence electrons. The predicted molar refractivity (Wildman–Crippen MR) is 128 cm³/mol. The Bertz CT molecular complexity index is 911. The van der Waals surface area contributed by atoms with E-state index in [4.69, 9.17) is 23.8 Å². The molecule has 0 saturated carbocycles. The first-order valence-electron chi connectivity index (χ1n) is 9.94. The highest BCUT2D eigenvalue weighted by Gasteiger charge is 2.34. The number of fused-ring (bicyclic) bond motifs is 1. The van der Waals surface area contributed by atoms with Gasteiger partial charge in [-0.25, -0.2) is 4.99 Å². The molecule has 3 rings (SSSR count). The van der Waals surface area contributed by atoms with Crippen LogP contribution in [0.3, 0.4) is 0 Å². The molecule has 1 aliphatic heterocycles. The highest BCUT2D eigenvalue weighted by atomic mass is 79.9. The number of benzene rings is 1. The Balaban J connectivity index is 1.33. The first-order valence-corrected chi connectivity index (χ1v) is 11.5. The Morgan fingerprint density at radius 1 is 1.20 bits per heavy atom. The summed E-state index contributed by atoms with van der Waals surface area (Å²) in [5.74, 6) is -0.361. The van der Waals surface area contributed by atoms with Crippen molar-refractivity contribution >= 4 is 62.4 Å². The summed E-state index contributed by atoms with van der Waals surface area (Å²) >= 11 is 14.6. The molecular weight excluding hydrogens is 486 g/mol. The summed E-state index contributed by atoms with van der Waals surface area (Å²) in [5, 5.41) is 3.97. The fourth-order valence-electron chi connectivity index (χ4n) is 3.33. The van der Waals surface area contributed by atoms with E-state index in [1.54, 1.807) is 4.90 Å². The number of amides is 2. The van der Waals surface area contributed by atoms with Crippen molar-refractivity contribution in [1.82, 2.24) is 10.2 Å². The molecule has 1 heterocycles. The minimum Gasteiger partial charge on any atom is -0.356 e. The zero-order chi connectivity index (χ0) is 21.5. The third-order valence-corrected chi connectivity index (χ3v) is 6.07. The van der Waals surface area contributed by atoms with Gasteiger partial charge in [-0.3, -0.25) is 14.5 Å². The van der Waals surface area contributed by atoms with Crippen molar-refractivity contribution in [2.75, 3.05) is 13.1 Å². The van der Waals surface area contributed by atoms with E-state index in [0.717, 1.165) is 35.7 Å². The van der Waals surface area contributed by atoms with Crippen LogP contribution in [0.1, 0.15) is 31.2 Å². The zero-order valence-electron chi connectivity index (χ0n) is 16.4. The Morgan fingerprint density at radius 2 is 1.97 bits per heavy atom. The molecule has 1 aromatic rings. The normalized spacial score (nSPS) is 18.1. The second-order valence-corrected chi connectivity index (χ2v) is 8.93. The lowest BCUT2D eigenvalue weighted by atomic mass is 9.95. The summed E-state index contributed by atoms with van der Waals surface area (Å²) in [5.41, 5.74) is 1.84. The molecule has 0 fully saturated rings. The number of allylic oxidation sites excluding steroid dienone is 3. The summed E-state index contributed by atoms with van der Waals surface area (Å²) in [6.07, 6.45) is 9.19. The van der Waals surface area contributed by atoms with Crippen LogP contribution in [0, 0.1) is 5.92 Å². The van der Waals surface area contributed by atoms with Crippen molar-refractivity contribution in [3.05, 3.63) is 57.6 Å². The molecule has 1 aromatic carbocycles. The van der Waals surface area contributed by atoms with Crippen molar-refractivity contribution in [2.24, 2.45) is 10.9 Å². The fourth-order valence-corrected chi connectivity index (χ4v) is 4.14. The average molecular weight is 509 g/mol. The van der Waals surface area contributed by atoms with E-state index in [1.807, 2.05) is 42.5 Å². The quantitative estimate of drug-likeness (QED) is 0.392. The van der Waals surface area contributed by atoms with Crippen LogP contribution in [-0.2, 0) is 16.0 Å². The van der Waals surface area contributed by atoms with Crippen LogP contribution in [0.4, 0.5) is 0 Å². The Hall–Kier alpha value is -1.83. The fraction of sp³-hybridized carbons (Fsp3) is 0.364. The van der Waals surface area contributed by atoms with E-state index in [1.165, 1.54) is 0 Å². The van der Waals surface area contributed by atoms with Gasteiger partial charge < -0.3 is 5.32 Å². The molecule has 0 radical (unpaired) electrons. The van der Waals surface area contributed by atoms with Gasteiger partial charge in [0.1, 0.15) is 5.92 Å². The number of halogens is 2. The Morgan fingerprint density at radius 3 is 2.73 bits per heavy atom. The number of unbranched alkanes of at least 4 members (excludes halogenated alkanes) is 2. The summed E-state index contributed by atoms with van der Waals surface area (Å²) < 4.78 is 0.870. The minimum atomic E-state index is -0.373. The van der Waals surface area contributed by atoms with Gasteiger partial charge in [0.05, 0.1) is 5.71 Å². The maximum atomic E-state index is 12.7. The van der Waals surface area contributed by atoms with Crippen LogP contribution in [0.2, 0.25) is 5.02 Å². The number of nitrogens with one attached hydrogen (secondary N) is 1. The second-order valence-electron chi connectivity index (χ2n) is 7.21. The molecule has 2 amide bonds. The largest absolute Gasteiger partial charge is 0.356 e. The van der Waals surface area contributed by atoms with Gasteiger partial charge in [0.2, 0.25) is 16.9 Å². The highest BCUT2D eigenvalue weighted by molar-refractivity contribution is 9.11. The van der Waals surface area contributed by atoms with Gasteiger partial charge in [0, 0.05) is 29.0 Å². The maximum absolute atomic E-state index is 12.7. The number of carbonyl (C=O) groups is 2. The first-order chi connectivity index (χ1) is 14.4. The second kappa shape index (κ2) is 11.0. The van der Waals surface area contributed by atoms with Crippen LogP contribution in [0.25, 0.3) is 0 Å². The van der Waals surface area contributed by atoms with Crippen molar-refractivity contribution < 1.29 is 9.59 Å². The van der Waals surface area contributed by atoms with Crippen molar-refractivity contribution in [1.29, 1.82) is 0 Å². The van der Waals surface area contributed by atoms with Crippen LogP contribution in [0.5, 0.6) is 0 Å². The molecule has 2 aliphatic rings. The van der Waals surface area contributed by atoms with E-state index in [-0.39, 0.29) is 17.7 Å². The lowest BCUT2D eigenvalue weighted by Crippen LogP contribution is -2.46. The third-order valence-electron chi connectivity index (χ3n) is 4.98. The average Bonchev–Trinajstić information content (AvgIpc) is 2.72. The van der Waals surface area contributed by atoms with Crippen molar-refractivity contribution in [3.8, 4) is 0 Å². The van der Waals surface area contributed by atoms with E-state index in [0.29, 0.717) is 35.4 Å². The van der Waals surface area contributed by atoms with Crippen LogP contribution < -0.4 is 5.32 Å². The van der Waals surface area contributed by atoms with Gasteiger partial charge >= 0.3 is 0 Å². The van der Waals surface area contributed by atoms with Crippen molar-refractivity contribution in [2.45, 2.75) is 32.1 Å². The number of hydrogen-bond donors (Lipinski definition) is 1. The zero-order valence-corrected chi connectivity index (χ0v) is 19.6. The third kappa shape index (κ3) is 6.33. The first kappa shape index (κ1) is 22.8. The summed E-state index contributed by atoms with van der Waals surface area (Å²) in [4.78, 5) is 30.7. The maximum Gasteiger partial charge on any atom is 0.241 e. The van der Waals surface area contributed by atoms with Crippen molar-refractivity contribution in [3.63, 3.8) is 0 Å². The van der Waals surface area contributed by atoms with Gasteiger partial charge in [-0.2, -0.15) is 0 Å². The van der Waals surface area contributed by atoms with Gasteiger partial charge in [0.25, 0.3) is 0 Å². The molecule has 30 heavy (non-hydrogen) atoms. The molecular formula is C22H23BrClN3O2S. The molecule has 0 aromatic heterocycles. The lowest BCUT2D eigenvalue weighted by molar-refractivity contribution is -0.128. The molecule has 1 unspecified atom stereocenters. The molecule has 8 heteroatoms. The van der Waals surface area contributed by atoms with E-state index in [2.05, 4.69) is 26.2 Å². The number of thiocarbonyl (C=S) groups is 1. The molecule has 0 spiro atoms. The topological polar surface area (TPSA) is 61.8 Å². The molecule has 5 nitrogen and oxygen atoms in total. The Kier molecular flexibility index (Phi) is 8.36. The highest BCUT2D eigenvalue weighted by Crippen LogP contribution is 2.25. The van der Waals surface area contributed by atoms with Crippen LogP contribution in [-0.4, -0.2) is 40.6 Å². The summed E-state index contributed by atoms with van der Waals surface area (Å²) in [7, 11) is 0. The van der Waals surface area contributed by atoms with Gasteiger partial charge in [-0.1, -0.05) is 52.2 Å². The number of carbonyl (C=O) groups excluding carboxylic acids is 2. The predicted octanol–water partition coefficient (Wildman–Crippen LogP) is 4.59. The monoisotopic (exact) mass is 507 g/mol. The smallest absolute Gasteiger partial charge is 0.241 e. The molecule has 1 aliphatic carbocycles. The number of aliphatic imine (C=N–C) groups is 1. The van der Waals surface area contributed by atoms with Crippen LogP contribution in [0.15, 0.2) is 52.0 Å². The van der Waals surface area contributed by atoms with E-state index < -0.39 is 0 Å². The molecule has 1 atom stereocenters.